The number of hydrogen-bond acceptors (Lipinski definition) is 14. The SMILES string of the molecule is C[C@@H]1O[C@H](COP(=O)(O)OC2[C@@H](COP(=O)(O)OC3[C@@H](COCP(=O)(O)O)O[C@@H](C)[C@H]3C)O[C@@H](C)[C@H]2C)C(OP(=O)(O)CO)[C@@H]1C. The molecule has 0 aromatic rings. The number of aliphatic hydroxyl groups is 1. The first-order valence-electron chi connectivity index (χ1n) is 14.6. The van der Waals surface area contributed by atoms with E-state index in [-0.39, 0.29) is 6.61 Å². The number of phosphoric ester groups is 2. The molecule has 3 heterocycles. The second-order valence-electron chi connectivity index (χ2n) is 11.9. The second kappa shape index (κ2) is 16.1. The fourth-order valence-electron chi connectivity index (χ4n) is 5.36. The molecular weight excluding hydrogens is 704 g/mol. The standard InChI is InChI=1S/C23H46O19P4/c1-12-15(4)38-19(21(12)40-44(28,29)10-24)8-35-46(32,33)42-23-14(3)17(6)39-20(23)9-36-45(30,31)41-22-13(2)16(5)37-18(22)7-34-11-43(25,26)27/h12-24H,7-11H2,1-6H3,(H,28,29)(H,30,31)(H,32,33)(H2,25,26,27)/t12-,13-,14-,15+,16+,17+,18-,19-,20-,21?,22?,23?/m1/s1. The van der Waals surface area contributed by atoms with Crippen molar-refractivity contribution in [1.82, 2.24) is 0 Å². The van der Waals surface area contributed by atoms with Crippen molar-refractivity contribution in [2.75, 3.05) is 32.5 Å². The third-order valence-corrected chi connectivity index (χ3v) is 11.8. The van der Waals surface area contributed by atoms with Crippen molar-refractivity contribution in [2.45, 2.75) is 96.5 Å². The maximum Gasteiger partial charge on any atom is 0.472 e. The lowest BCUT2D eigenvalue weighted by Crippen LogP contribution is -2.34. The molecule has 3 rings (SSSR count). The van der Waals surface area contributed by atoms with Crippen LogP contribution in [0.2, 0.25) is 0 Å². The fourth-order valence-corrected chi connectivity index (χ4v) is 8.54. The molecule has 0 bridgehead atoms. The minimum absolute atomic E-state index is 0.329. The topological polar surface area (TPSA) is 273 Å². The van der Waals surface area contributed by atoms with Crippen LogP contribution in [0.3, 0.4) is 0 Å². The Hall–Kier alpha value is 0.320. The predicted octanol–water partition coefficient (Wildman–Crippen LogP) is 1.93. The van der Waals surface area contributed by atoms with Crippen molar-refractivity contribution in [1.29, 1.82) is 0 Å². The summed E-state index contributed by atoms with van der Waals surface area (Å²) in [6.07, 6.45) is -9.82. The minimum atomic E-state index is -4.86. The van der Waals surface area contributed by atoms with E-state index >= 15 is 0 Å². The average Bonchev–Trinajstić information content (AvgIpc) is 3.46. The molecular formula is C23H46O19P4. The highest BCUT2D eigenvalue weighted by atomic mass is 31.2. The molecule has 23 heteroatoms. The molecule has 46 heavy (non-hydrogen) atoms. The van der Waals surface area contributed by atoms with Gasteiger partial charge in [0.15, 0.2) is 0 Å². The van der Waals surface area contributed by atoms with Crippen LogP contribution in [0.1, 0.15) is 41.5 Å². The third kappa shape index (κ3) is 11.4. The minimum Gasteiger partial charge on any atom is -0.384 e. The molecule has 0 aromatic carbocycles. The van der Waals surface area contributed by atoms with Crippen molar-refractivity contribution in [2.24, 2.45) is 17.8 Å². The van der Waals surface area contributed by atoms with Crippen molar-refractivity contribution in [3.05, 3.63) is 0 Å². The zero-order valence-corrected chi connectivity index (χ0v) is 29.8. The van der Waals surface area contributed by atoms with Gasteiger partial charge in [0.05, 0.1) is 38.1 Å². The van der Waals surface area contributed by atoms with Crippen LogP contribution in [0.4, 0.5) is 0 Å². The number of rotatable bonds is 17. The van der Waals surface area contributed by atoms with Gasteiger partial charge in [-0.1, -0.05) is 20.8 Å². The van der Waals surface area contributed by atoms with Gasteiger partial charge in [0, 0.05) is 17.8 Å². The molecule has 0 aliphatic carbocycles. The summed E-state index contributed by atoms with van der Waals surface area (Å²) in [4.78, 5) is 48.8. The number of phosphoric acid groups is 2. The van der Waals surface area contributed by atoms with E-state index in [4.69, 9.17) is 56.5 Å². The maximum absolute atomic E-state index is 13.0. The van der Waals surface area contributed by atoms with Crippen molar-refractivity contribution < 1.29 is 89.4 Å². The summed E-state index contributed by atoms with van der Waals surface area (Å²) in [6.45, 7) is 8.53. The lowest BCUT2D eigenvalue weighted by Gasteiger charge is -2.27. The molecule has 3 aliphatic rings. The summed E-state index contributed by atoms with van der Waals surface area (Å²) < 4.78 is 97.4. The molecule has 19 nitrogen and oxygen atoms in total. The van der Waals surface area contributed by atoms with Gasteiger partial charge in [-0.05, 0) is 20.8 Å². The van der Waals surface area contributed by atoms with Crippen LogP contribution >= 0.6 is 30.8 Å². The first-order valence-corrected chi connectivity index (χ1v) is 21.1. The van der Waals surface area contributed by atoms with Crippen LogP contribution in [0.5, 0.6) is 0 Å². The van der Waals surface area contributed by atoms with E-state index in [0.717, 1.165) is 0 Å². The van der Waals surface area contributed by atoms with E-state index < -0.39 is 129 Å². The van der Waals surface area contributed by atoms with Gasteiger partial charge in [-0.2, -0.15) is 0 Å². The Bertz CT molecular complexity index is 1200. The van der Waals surface area contributed by atoms with Gasteiger partial charge in [0.1, 0.15) is 49.3 Å². The van der Waals surface area contributed by atoms with E-state index in [1.165, 1.54) is 0 Å². The molecule has 3 aliphatic heterocycles. The Kier molecular flexibility index (Phi) is 14.3. The van der Waals surface area contributed by atoms with Crippen LogP contribution < -0.4 is 0 Å². The van der Waals surface area contributed by atoms with Gasteiger partial charge in [-0.3, -0.25) is 27.2 Å². The molecule has 0 aromatic heterocycles. The van der Waals surface area contributed by atoms with Gasteiger partial charge in [-0.15, -0.1) is 0 Å². The zero-order chi connectivity index (χ0) is 34.8. The highest BCUT2D eigenvalue weighted by molar-refractivity contribution is 7.52. The first kappa shape index (κ1) is 40.7. The van der Waals surface area contributed by atoms with E-state index in [1.807, 2.05) is 0 Å². The summed E-state index contributed by atoms with van der Waals surface area (Å²) in [6, 6.07) is 0. The predicted molar refractivity (Wildman–Crippen MR) is 156 cm³/mol. The van der Waals surface area contributed by atoms with Crippen molar-refractivity contribution >= 4 is 30.8 Å². The molecule has 3 fully saturated rings. The van der Waals surface area contributed by atoms with Gasteiger partial charge in [0.2, 0.25) is 0 Å². The second-order valence-corrected chi connectivity index (χ2v) is 18.1. The van der Waals surface area contributed by atoms with Crippen LogP contribution in [0.15, 0.2) is 0 Å². The molecule has 272 valence electrons. The zero-order valence-electron chi connectivity index (χ0n) is 26.2. The summed E-state index contributed by atoms with van der Waals surface area (Å²) in [7, 11) is -18.5. The Morgan fingerprint density at radius 1 is 0.565 bits per heavy atom. The van der Waals surface area contributed by atoms with E-state index in [9.17, 15) is 32.9 Å². The Balaban J connectivity index is 1.60. The summed E-state index contributed by atoms with van der Waals surface area (Å²) in [5.41, 5.74) is 0. The Morgan fingerprint density at radius 2 is 0.913 bits per heavy atom. The van der Waals surface area contributed by atoms with Gasteiger partial charge >= 0.3 is 30.8 Å². The van der Waals surface area contributed by atoms with Crippen molar-refractivity contribution in [3.8, 4) is 0 Å². The quantitative estimate of drug-likeness (QED) is 0.116. The number of aliphatic hydroxyl groups excluding tert-OH is 1. The number of hydrogen-bond donors (Lipinski definition) is 6. The molecule has 0 amide bonds. The Labute approximate surface area is 267 Å². The van der Waals surface area contributed by atoms with Gasteiger partial charge in [-0.25, -0.2) is 9.13 Å². The van der Waals surface area contributed by atoms with Gasteiger partial charge < -0.3 is 53.0 Å². The highest BCUT2D eigenvalue weighted by Crippen LogP contribution is 2.53. The molecule has 15 atom stereocenters. The molecule has 3 saturated heterocycles. The third-order valence-electron chi connectivity index (χ3n) is 8.36. The van der Waals surface area contributed by atoms with E-state index in [2.05, 4.69) is 0 Å². The van der Waals surface area contributed by atoms with Crippen LogP contribution in [0.25, 0.3) is 0 Å². The monoisotopic (exact) mass is 750 g/mol. The highest BCUT2D eigenvalue weighted by Gasteiger charge is 2.49. The molecule has 0 saturated carbocycles. The molecule has 6 N–H and O–H groups in total. The summed E-state index contributed by atoms with van der Waals surface area (Å²) >= 11 is 0. The summed E-state index contributed by atoms with van der Waals surface area (Å²) in [5.74, 6) is -1.37. The average molecular weight is 750 g/mol. The van der Waals surface area contributed by atoms with Gasteiger partial charge in [0.25, 0.3) is 0 Å². The van der Waals surface area contributed by atoms with E-state index in [0.29, 0.717) is 0 Å². The maximum atomic E-state index is 13.0. The van der Waals surface area contributed by atoms with E-state index in [1.54, 1.807) is 41.5 Å². The molecule has 6 unspecified atom stereocenters. The summed E-state index contributed by atoms with van der Waals surface area (Å²) in [5, 5.41) is 9.12. The smallest absolute Gasteiger partial charge is 0.384 e. The van der Waals surface area contributed by atoms with Crippen LogP contribution in [-0.4, -0.2) is 117 Å². The lowest BCUT2D eigenvalue weighted by molar-refractivity contribution is -0.0463. The normalized spacial score (nSPS) is 40.9. The largest absolute Gasteiger partial charge is 0.472 e. The first-order chi connectivity index (χ1) is 21.0. The number of ether oxygens (including phenoxy) is 4. The van der Waals surface area contributed by atoms with Crippen LogP contribution in [-0.2, 0) is 59.8 Å². The molecule has 0 spiro atoms. The Morgan fingerprint density at radius 3 is 1.26 bits per heavy atom. The van der Waals surface area contributed by atoms with Crippen molar-refractivity contribution in [3.63, 3.8) is 0 Å². The molecule has 0 radical (unpaired) electrons. The van der Waals surface area contributed by atoms with Crippen LogP contribution in [0, 0.1) is 17.8 Å². The fraction of sp³-hybridized carbons (Fsp3) is 1.00. The lowest BCUT2D eigenvalue weighted by atomic mass is 10.00.